The number of benzene rings is 1. The van der Waals surface area contributed by atoms with Crippen LogP contribution in [0.4, 0.5) is 4.39 Å². The molecule has 8 heteroatoms. The number of nitrogens with zero attached hydrogens (tertiary/aromatic N) is 4. The van der Waals surface area contributed by atoms with Gasteiger partial charge in [-0.15, -0.1) is 10.2 Å². The van der Waals surface area contributed by atoms with E-state index in [1.54, 1.807) is 26.0 Å². The van der Waals surface area contributed by atoms with Crippen molar-refractivity contribution >= 4 is 0 Å². The summed E-state index contributed by atoms with van der Waals surface area (Å²) >= 11 is 0. The lowest BCUT2D eigenvalue weighted by atomic mass is 10.2. The van der Waals surface area contributed by atoms with Gasteiger partial charge in [0, 0.05) is 19.5 Å². The fraction of sp³-hybridized carbons (Fsp3) is 0.353. The van der Waals surface area contributed by atoms with E-state index in [1.807, 2.05) is 11.9 Å². The molecule has 0 spiro atoms. The van der Waals surface area contributed by atoms with Gasteiger partial charge in [0.1, 0.15) is 17.3 Å². The molecule has 0 atom stereocenters. The number of halogens is 1. The summed E-state index contributed by atoms with van der Waals surface area (Å²) < 4.78 is 30.2. The molecule has 0 saturated carbocycles. The molecule has 0 aliphatic carbocycles. The first-order valence-electron chi connectivity index (χ1n) is 7.74. The first-order chi connectivity index (χ1) is 12.0. The maximum absolute atomic E-state index is 14.2. The molecule has 3 rings (SSSR count). The molecule has 0 fully saturated rings. The molecular formula is C17H19FN4O3. The van der Waals surface area contributed by atoms with Crippen LogP contribution in [0.1, 0.15) is 23.2 Å². The molecule has 0 N–H and O–H groups in total. The van der Waals surface area contributed by atoms with E-state index < -0.39 is 5.82 Å². The summed E-state index contributed by atoms with van der Waals surface area (Å²) in [5.41, 5.74) is 1.02. The Bertz CT molecular complexity index is 875. The van der Waals surface area contributed by atoms with Crippen LogP contribution in [-0.2, 0) is 13.1 Å². The van der Waals surface area contributed by atoms with Crippen molar-refractivity contribution in [2.45, 2.75) is 26.9 Å². The smallest absolute Gasteiger partial charge is 0.230 e. The molecule has 0 unspecified atom stereocenters. The average molecular weight is 346 g/mol. The maximum Gasteiger partial charge on any atom is 0.230 e. The molecular weight excluding hydrogens is 327 g/mol. The van der Waals surface area contributed by atoms with E-state index in [-0.39, 0.29) is 5.89 Å². The number of hydrogen-bond acceptors (Lipinski definition) is 7. The highest BCUT2D eigenvalue weighted by Crippen LogP contribution is 2.27. The van der Waals surface area contributed by atoms with E-state index in [2.05, 4.69) is 15.2 Å². The molecule has 132 valence electrons. The Morgan fingerprint density at radius 1 is 1.16 bits per heavy atom. The molecule has 25 heavy (non-hydrogen) atoms. The minimum atomic E-state index is -0.443. The molecule has 2 heterocycles. The first kappa shape index (κ1) is 17.1. The van der Waals surface area contributed by atoms with Crippen molar-refractivity contribution in [1.29, 1.82) is 0 Å². The monoisotopic (exact) mass is 346 g/mol. The van der Waals surface area contributed by atoms with Gasteiger partial charge in [0.15, 0.2) is 0 Å². The normalized spacial score (nSPS) is 11.3. The largest absolute Gasteiger partial charge is 0.497 e. The van der Waals surface area contributed by atoms with Gasteiger partial charge in [-0.25, -0.2) is 9.37 Å². The summed E-state index contributed by atoms with van der Waals surface area (Å²) in [6.45, 7) is 4.54. The molecule has 0 bridgehead atoms. The molecule has 0 aliphatic heterocycles. The minimum Gasteiger partial charge on any atom is -0.497 e. The van der Waals surface area contributed by atoms with Crippen LogP contribution >= 0.6 is 0 Å². The van der Waals surface area contributed by atoms with Crippen LogP contribution in [0, 0.1) is 19.7 Å². The van der Waals surface area contributed by atoms with Gasteiger partial charge in [-0.2, -0.15) is 0 Å². The number of aryl methyl sites for hydroxylation is 2. The number of ether oxygens (including phenoxy) is 1. The van der Waals surface area contributed by atoms with Crippen LogP contribution in [0.3, 0.4) is 0 Å². The van der Waals surface area contributed by atoms with Gasteiger partial charge in [-0.05, 0) is 26.1 Å². The molecule has 7 nitrogen and oxygen atoms in total. The number of oxazole rings is 1. The van der Waals surface area contributed by atoms with Crippen LogP contribution in [-0.4, -0.2) is 34.2 Å². The third-order valence-corrected chi connectivity index (χ3v) is 3.69. The summed E-state index contributed by atoms with van der Waals surface area (Å²) in [5, 5.41) is 7.77. The Morgan fingerprint density at radius 3 is 2.60 bits per heavy atom. The summed E-state index contributed by atoms with van der Waals surface area (Å²) in [5.74, 6) is 1.94. The molecule has 3 aromatic rings. The summed E-state index contributed by atoms with van der Waals surface area (Å²) in [7, 11) is 3.39. The third-order valence-electron chi connectivity index (χ3n) is 3.69. The zero-order chi connectivity index (χ0) is 18.0. The van der Waals surface area contributed by atoms with Crippen molar-refractivity contribution in [3.63, 3.8) is 0 Å². The molecule has 0 amide bonds. The first-order valence-corrected chi connectivity index (χ1v) is 7.74. The zero-order valence-electron chi connectivity index (χ0n) is 14.5. The number of rotatable bonds is 6. The number of aromatic nitrogens is 3. The molecule has 0 saturated heterocycles. The Kier molecular flexibility index (Phi) is 4.80. The zero-order valence-corrected chi connectivity index (χ0v) is 14.5. The van der Waals surface area contributed by atoms with E-state index in [1.165, 1.54) is 13.2 Å². The quantitative estimate of drug-likeness (QED) is 0.678. The van der Waals surface area contributed by atoms with E-state index in [0.717, 1.165) is 5.69 Å². The highest BCUT2D eigenvalue weighted by atomic mass is 19.1. The van der Waals surface area contributed by atoms with Crippen molar-refractivity contribution in [2.24, 2.45) is 0 Å². The van der Waals surface area contributed by atoms with Crippen LogP contribution < -0.4 is 4.74 Å². The summed E-state index contributed by atoms with van der Waals surface area (Å²) in [4.78, 5) is 6.39. The number of hydrogen-bond donors (Lipinski definition) is 0. The molecule has 1 aromatic carbocycles. The second-order valence-corrected chi connectivity index (χ2v) is 5.75. The molecule has 0 radical (unpaired) electrons. The van der Waals surface area contributed by atoms with Crippen molar-refractivity contribution in [1.82, 2.24) is 20.1 Å². The topological polar surface area (TPSA) is 77.4 Å². The highest BCUT2D eigenvalue weighted by Gasteiger charge is 2.17. The van der Waals surface area contributed by atoms with Crippen LogP contribution in [0.2, 0.25) is 0 Å². The Hall–Kier alpha value is -2.74. The molecule has 0 aliphatic rings. The predicted octanol–water partition coefficient (Wildman–Crippen LogP) is 3.12. The summed E-state index contributed by atoms with van der Waals surface area (Å²) in [6, 6.07) is 4.56. The lowest BCUT2D eigenvalue weighted by Crippen LogP contribution is -2.18. The Morgan fingerprint density at radius 2 is 1.96 bits per heavy atom. The third kappa shape index (κ3) is 3.85. The SMILES string of the molecule is COc1ccc(-c2nc(CN(C)Cc3nnc(C)o3)c(C)o2)c(F)c1. The van der Waals surface area contributed by atoms with Crippen molar-refractivity contribution in [3.05, 3.63) is 47.3 Å². The predicted molar refractivity (Wildman–Crippen MR) is 87.4 cm³/mol. The van der Waals surface area contributed by atoms with Crippen LogP contribution in [0.15, 0.2) is 27.0 Å². The second kappa shape index (κ2) is 7.02. The fourth-order valence-corrected chi connectivity index (χ4v) is 2.43. The van der Waals surface area contributed by atoms with E-state index in [4.69, 9.17) is 13.6 Å². The maximum atomic E-state index is 14.2. The van der Waals surface area contributed by atoms with Crippen molar-refractivity contribution < 1.29 is 18.0 Å². The van der Waals surface area contributed by atoms with Crippen molar-refractivity contribution in [3.8, 4) is 17.2 Å². The number of methoxy groups -OCH3 is 1. The van der Waals surface area contributed by atoms with Crippen LogP contribution in [0.25, 0.3) is 11.5 Å². The van der Waals surface area contributed by atoms with E-state index in [9.17, 15) is 4.39 Å². The lowest BCUT2D eigenvalue weighted by Gasteiger charge is -2.12. The van der Waals surface area contributed by atoms with Gasteiger partial charge < -0.3 is 13.6 Å². The van der Waals surface area contributed by atoms with Gasteiger partial charge in [0.2, 0.25) is 17.7 Å². The highest BCUT2D eigenvalue weighted by molar-refractivity contribution is 5.56. The lowest BCUT2D eigenvalue weighted by molar-refractivity contribution is 0.275. The van der Waals surface area contributed by atoms with Gasteiger partial charge in [-0.1, -0.05) is 0 Å². The minimum absolute atomic E-state index is 0.245. The van der Waals surface area contributed by atoms with Crippen molar-refractivity contribution in [2.75, 3.05) is 14.2 Å². The van der Waals surface area contributed by atoms with Gasteiger partial charge in [-0.3, -0.25) is 4.90 Å². The van der Waals surface area contributed by atoms with Gasteiger partial charge in [0.05, 0.1) is 24.9 Å². The Balaban J connectivity index is 1.76. The van der Waals surface area contributed by atoms with E-state index in [0.29, 0.717) is 41.9 Å². The van der Waals surface area contributed by atoms with Gasteiger partial charge in [0.25, 0.3) is 0 Å². The summed E-state index contributed by atoms with van der Waals surface area (Å²) in [6.07, 6.45) is 0. The molecule has 2 aromatic heterocycles. The Labute approximate surface area is 144 Å². The van der Waals surface area contributed by atoms with Gasteiger partial charge >= 0.3 is 0 Å². The standard InChI is InChI=1S/C17H19FN4O3/c1-10-15(8-22(3)9-16-21-20-11(2)25-16)19-17(24-10)13-6-5-12(23-4)7-14(13)18/h5-7H,8-9H2,1-4H3. The second-order valence-electron chi connectivity index (χ2n) is 5.75. The fourth-order valence-electron chi connectivity index (χ4n) is 2.43. The van der Waals surface area contributed by atoms with E-state index >= 15 is 0 Å². The van der Waals surface area contributed by atoms with Crippen LogP contribution in [0.5, 0.6) is 5.75 Å². The average Bonchev–Trinajstić information content (AvgIpc) is 3.13.